The van der Waals surface area contributed by atoms with Crippen molar-refractivity contribution < 1.29 is 14.3 Å². The maximum atomic E-state index is 12.6. The second-order valence-corrected chi connectivity index (χ2v) is 6.45. The van der Waals surface area contributed by atoms with E-state index >= 15 is 0 Å². The third kappa shape index (κ3) is 4.19. The molecule has 0 aromatic heterocycles. The molecule has 5 heteroatoms. The van der Waals surface area contributed by atoms with Crippen LogP contribution >= 0.6 is 0 Å². The van der Waals surface area contributed by atoms with Crippen LogP contribution in [0.2, 0.25) is 0 Å². The molecule has 5 nitrogen and oxygen atoms in total. The van der Waals surface area contributed by atoms with Gasteiger partial charge in [-0.3, -0.25) is 4.79 Å². The number of rotatable bonds is 4. The molecule has 0 aromatic carbocycles. The number of hydrogen-bond acceptors (Lipinski definition) is 4. The third-order valence-electron chi connectivity index (χ3n) is 4.73. The minimum atomic E-state index is -0.404. The first-order chi connectivity index (χ1) is 10.1. The minimum Gasteiger partial charge on any atom is -0.464 e. The summed E-state index contributed by atoms with van der Waals surface area (Å²) in [6.07, 6.45) is 8.25. The molecule has 2 fully saturated rings. The van der Waals surface area contributed by atoms with E-state index < -0.39 is 6.04 Å². The third-order valence-corrected chi connectivity index (χ3v) is 4.73. The van der Waals surface area contributed by atoms with E-state index in [-0.39, 0.29) is 17.4 Å². The Balaban J connectivity index is 1.99. The number of amides is 1. The predicted octanol–water partition coefficient (Wildman–Crippen LogP) is 1.98. The topological polar surface area (TPSA) is 72.6 Å². The van der Waals surface area contributed by atoms with E-state index in [1.54, 1.807) is 11.8 Å². The Kier molecular flexibility index (Phi) is 5.62. The molecule has 1 heterocycles. The number of carbonyl (C=O) groups excluding carboxylic acids is 2. The number of piperidine rings is 1. The van der Waals surface area contributed by atoms with Crippen LogP contribution in [0.3, 0.4) is 0 Å². The lowest BCUT2D eigenvalue weighted by Crippen LogP contribution is -2.53. The zero-order valence-corrected chi connectivity index (χ0v) is 13.1. The van der Waals surface area contributed by atoms with Crippen LogP contribution in [0.25, 0.3) is 0 Å². The number of nitrogens with zero attached hydrogens (tertiary/aromatic N) is 1. The lowest BCUT2D eigenvalue weighted by atomic mass is 9.79. The predicted molar refractivity (Wildman–Crippen MR) is 80.6 cm³/mol. The van der Waals surface area contributed by atoms with Gasteiger partial charge in [0.25, 0.3) is 0 Å². The fraction of sp³-hybridized carbons (Fsp3) is 0.875. The van der Waals surface area contributed by atoms with Crippen LogP contribution in [-0.4, -0.2) is 41.5 Å². The van der Waals surface area contributed by atoms with Crippen molar-refractivity contribution in [3.63, 3.8) is 0 Å². The molecule has 120 valence electrons. The molecule has 0 aromatic rings. The van der Waals surface area contributed by atoms with Crippen molar-refractivity contribution in [2.24, 2.45) is 5.73 Å². The highest BCUT2D eigenvalue weighted by Gasteiger charge is 2.37. The first-order valence-electron chi connectivity index (χ1n) is 8.31. The molecule has 1 atom stereocenters. The molecule has 1 unspecified atom stereocenters. The Hall–Kier alpha value is -1.10. The van der Waals surface area contributed by atoms with Gasteiger partial charge in [-0.2, -0.15) is 0 Å². The van der Waals surface area contributed by atoms with Crippen LogP contribution in [0.5, 0.6) is 0 Å². The van der Waals surface area contributed by atoms with Crippen LogP contribution in [-0.2, 0) is 14.3 Å². The highest BCUT2D eigenvalue weighted by atomic mass is 16.5. The zero-order chi connectivity index (χ0) is 15.3. The van der Waals surface area contributed by atoms with Crippen molar-refractivity contribution in [1.82, 2.24) is 4.90 Å². The smallest absolute Gasteiger partial charge is 0.328 e. The van der Waals surface area contributed by atoms with Gasteiger partial charge in [0, 0.05) is 18.5 Å². The average Bonchev–Trinajstić information content (AvgIpc) is 2.47. The van der Waals surface area contributed by atoms with Crippen molar-refractivity contribution in [3.05, 3.63) is 0 Å². The molecule has 1 aliphatic carbocycles. The number of carbonyl (C=O) groups is 2. The van der Waals surface area contributed by atoms with E-state index in [4.69, 9.17) is 10.5 Å². The summed E-state index contributed by atoms with van der Waals surface area (Å²) in [5, 5.41) is 0. The van der Waals surface area contributed by atoms with E-state index in [2.05, 4.69) is 0 Å². The molecule has 1 amide bonds. The molecule has 2 aliphatic rings. The molecule has 2 rings (SSSR count). The molecule has 1 saturated carbocycles. The van der Waals surface area contributed by atoms with Crippen molar-refractivity contribution in [2.75, 3.05) is 13.2 Å². The fourth-order valence-corrected chi connectivity index (χ4v) is 3.55. The first-order valence-corrected chi connectivity index (χ1v) is 8.31. The maximum Gasteiger partial charge on any atom is 0.328 e. The van der Waals surface area contributed by atoms with Crippen LogP contribution in [0, 0.1) is 0 Å². The summed E-state index contributed by atoms with van der Waals surface area (Å²) < 4.78 is 5.11. The maximum absolute atomic E-state index is 12.6. The van der Waals surface area contributed by atoms with Crippen molar-refractivity contribution in [2.45, 2.75) is 76.3 Å². The summed E-state index contributed by atoms with van der Waals surface area (Å²) in [5.74, 6) is -0.239. The van der Waals surface area contributed by atoms with Gasteiger partial charge in [-0.1, -0.05) is 19.3 Å². The quantitative estimate of drug-likeness (QED) is 0.805. The van der Waals surface area contributed by atoms with Gasteiger partial charge >= 0.3 is 5.97 Å². The zero-order valence-electron chi connectivity index (χ0n) is 13.1. The second-order valence-electron chi connectivity index (χ2n) is 6.45. The summed E-state index contributed by atoms with van der Waals surface area (Å²) in [7, 11) is 0. The van der Waals surface area contributed by atoms with Crippen molar-refractivity contribution >= 4 is 11.9 Å². The lowest BCUT2D eigenvalue weighted by Gasteiger charge is -2.38. The summed E-state index contributed by atoms with van der Waals surface area (Å²) in [4.78, 5) is 26.4. The molecule has 2 N–H and O–H groups in total. The van der Waals surface area contributed by atoms with Crippen LogP contribution < -0.4 is 5.73 Å². The number of hydrogen-bond donors (Lipinski definition) is 1. The Morgan fingerprint density at radius 1 is 1.19 bits per heavy atom. The minimum absolute atomic E-state index is 0.0251. The van der Waals surface area contributed by atoms with Gasteiger partial charge < -0.3 is 15.4 Å². The van der Waals surface area contributed by atoms with E-state index in [1.807, 2.05) is 0 Å². The van der Waals surface area contributed by atoms with Gasteiger partial charge in [0.2, 0.25) is 5.91 Å². The Labute approximate surface area is 127 Å². The molecule has 21 heavy (non-hydrogen) atoms. The molecular weight excluding hydrogens is 268 g/mol. The molecule has 1 aliphatic heterocycles. The van der Waals surface area contributed by atoms with Gasteiger partial charge in [0.15, 0.2) is 0 Å². The highest BCUT2D eigenvalue weighted by Crippen LogP contribution is 2.30. The van der Waals surface area contributed by atoms with E-state index in [0.29, 0.717) is 26.0 Å². The van der Waals surface area contributed by atoms with Crippen LogP contribution in [0.15, 0.2) is 0 Å². The largest absolute Gasteiger partial charge is 0.464 e. The number of likely N-dealkylation sites (tertiary alicyclic amines) is 1. The summed E-state index contributed by atoms with van der Waals surface area (Å²) >= 11 is 0. The monoisotopic (exact) mass is 296 g/mol. The fourth-order valence-electron chi connectivity index (χ4n) is 3.55. The van der Waals surface area contributed by atoms with Gasteiger partial charge in [-0.25, -0.2) is 4.79 Å². The number of nitrogens with two attached hydrogens (primary N) is 1. The molecule has 0 radical (unpaired) electrons. The normalized spacial score (nSPS) is 25.4. The van der Waals surface area contributed by atoms with E-state index in [1.165, 1.54) is 6.42 Å². The Bertz CT molecular complexity index is 378. The van der Waals surface area contributed by atoms with E-state index in [9.17, 15) is 9.59 Å². The van der Waals surface area contributed by atoms with Gasteiger partial charge in [0.1, 0.15) is 6.04 Å². The Morgan fingerprint density at radius 3 is 2.57 bits per heavy atom. The molecule has 0 spiro atoms. The second kappa shape index (κ2) is 7.25. The standard InChI is InChI=1S/C16H28N2O3/c1-2-21-15(20)13-8-4-7-11-18(13)14(19)12-16(17)9-5-3-6-10-16/h13H,2-12,17H2,1H3. The molecule has 1 saturated heterocycles. The van der Waals surface area contributed by atoms with E-state index in [0.717, 1.165) is 38.5 Å². The number of esters is 1. The Morgan fingerprint density at radius 2 is 1.90 bits per heavy atom. The van der Waals surface area contributed by atoms with Crippen molar-refractivity contribution in [1.29, 1.82) is 0 Å². The molecule has 0 bridgehead atoms. The van der Waals surface area contributed by atoms with Gasteiger partial charge in [-0.15, -0.1) is 0 Å². The first kappa shape index (κ1) is 16.3. The van der Waals surface area contributed by atoms with Gasteiger partial charge in [-0.05, 0) is 39.0 Å². The summed E-state index contributed by atoms with van der Waals surface area (Å²) in [5.41, 5.74) is 6.01. The lowest BCUT2D eigenvalue weighted by molar-refractivity contribution is -0.157. The SMILES string of the molecule is CCOC(=O)C1CCCCN1C(=O)CC1(N)CCCCC1. The molecular formula is C16H28N2O3. The number of ether oxygens (including phenoxy) is 1. The average molecular weight is 296 g/mol. The highest BCUT2D eigenvalue weighted by molar-refractivity contribution is 5.85. The van der Waals surface area contributed by atoms with Gasteiger partial charge in [0.05, 0.1) is 6.61 Å². The summed E-state index contributed by atoms with van der Waals surface area (Å²) in [6, 6.07) is -0.404. The summed E-state index contributed by atoms with van der Waals surface area (Å²) in [6.45, 7) is 2.81. The van der Waals surface area contributed by atoms with Crippen molar-refractivity contribution in [3.8, 4) is 0 Å². The van der Waals surface area contributed by atoms with Crippen LogP contribution in [0.1, 0.15) is 64.7 Å². The van der Waals surface area contributed by atoms with Crippen LogP contribution in [0.4, 0.5) is 0 Å².